The number of aromatic carboxylic acids is 1. The van der Waals surface area contributed by atoms with Gasteiger partial charge in [-0.25, -0.2) is 4.79 Å². The minimum atomic E-state index is -1.13. The number of anilines is 1. The summed E-state index contributed by atoms with van der Waals surface area (Å²) in [6, 6.07) is 5.27. The van der Waals surface area contributed by atoms with Crippen LogP contribution in [-0.4, -0.2) is 47.8 Å². The van der Waals surface area contributed by atoms with E-state index in [1.807, 2.05) is 13.8 Å². The maximum Gasteiger partial charge on any atom is 0.339 e. The van der Waals surface area contributed by atoms with Gasteiger partial charge in [0.1, 0.15) is 11.3 Å². The van der Waals surface area contributed by atoms with Crippen LogP contribution in [0.2, 0.25) is 0 Å². The van der Waals surface area contributed by atoms with E-state index in [0.717, 1.165) is 0 Å². The third kappa shape index (κ3) is 5.10. The number of nitrogen functional groups attached to an aromatic ring is 1. The van der Waals surface area contributed by atoms with E-state index in [4.69, 9.17) is 15.2 Å². The molecule has 0 aliphatic carbocycles. The number of ether oxygens (including phenoxy) is 2. The maximum absolute atomic E-state index is 11.9. The molecule has 1 aromatic heterocycles. The number of methoxy groups -OCH3 is 1. The van der Waals surface area contributed by atoms with Crippen molar-refractivity contribution in [2.24, 2.45) is 0 Å². The Morgan fingerprint density at radius 2 is 2.00 bits per heavy atom. The highest BCUT2D eigenvalue weighted by atomic mass is 16.5. The first-order chi connectivity index (χ1) is 13.2. The van der Waals surface area contributed by atoms with Gasteiger partial charge in [-0.3, -0.25) is 9.78 Å². The van der Waals surface area contributed by atoms with E-state index in [-0.39, 0.29) is 17.2 Å². The Labute approximate surface area is 164 Å². The number of pyridine rings is 1. The highest BCUT2D eigenvalue weighted by Gasteiger charge is 2.22. The van der Waals surface area contributed by atoms with Crippen LogP contribution < -0.4 is 15.8 Å². The lowest BCUT2D eigenvalue weighted by atomic mass is 10.0. The first-order valence-corrected chi connectivity index (χ1v) is 9.01. The molecule has 28 heavy (non-hydrogen) atoms. The fourth-order valence-corrected chi connectivity index (χ4v) is 2.94. The van der Waals surface area contributed by atoms with Crippen molar-refractivity contribution in [3.63, 3.8) is 0 Å². The summed E-state index contributed by atoms with van der Waals surface area (Å²) in [6.07, 6.45) is 0.844. The Hall–Kier alpha value is -2.87. The number of nitrogens with two attached hydrogens (primary N) is 1. The molecule has 1 amide bonds. The summed E-state index contributed by atoms with van der Waals surface area (Å²) in [4.78, 5) is 27.7. The fraction of sp³-hybridized carbons (Fsp3) is 0.450. The monoisotopic (exact) mass is 389 g/mol. The molecular formula is C20H27N3O5. The number of amides is 1. The summed E-state index contributed by atoms with van der Waals surface area (Å²) in [5.74, 6) is -0.752. The number of nitrogens with one attached hydrogen (secondary N) is 1. The van der Waals surface area contributed by atoms with Gasteiger partial charge in [-0.15, -0.1) is 0 Å². The van der Waals surface area contributed by atoms with Gasteiger partial charge in [0.2, 0.25) is 5.91 Å². The van der Waals surface area contributed by atoms with Gasteiger partial charge in [0.25, 0.3) is 0 Å². The van der Waals surface area contributed by atoms with Gasteiger partial charge in [-0.1, -0.05) is 6.07 Å². The molecule has 1 heterocycles. The second-order valence-electron chi connectivity index (χ2n) is 7.21. The van der Waals surface area contributed by atoms with E-state index in [9.17, 15) is 14.7 Å². The minimum Gasteiger partial charge on any atom is -0.493 e. The SMILES string of the molecule is COCCC(=O)NC(C)(C)CCOc1cccc2nc(C)c(C(=O)O)c(N)c12. The lowest BCUT2D eigenvalue weighted by Gasteiger charge is -2.26. The highest BCUT2D eigenvalue weighted by Crippen LogP contribution is 2.33. The molecule has 8 heteroatoms. The van der Waals surface area contributed by atoms with Crippen LogP contribution >= 0.6 is 0 Å². The van der Waals surface area contributed by atoms with Crippen molar-refractivity contribution in [3.8, 4) is 5.75 Å². The molecule has 2 rings (SSSR count). The largest absolute Gasteiger partial charge is 0.493 e. The molecule has 0 unspecified atom stereocenters. The molecule has 4 N–H and O–H groups in total. The molecule has 0 saturated carbocycles. The molecule has 0 spiro atoms. The summed E-state index contributed by atoms with van der Waals surface area (Å²) >= 11 is 0. The van der Waals surface area contributed by atoms with Crippen LogP contribution in [0.15, 0.2) is 18.2 Å². The zero-order valence-corrected chi connectivity index (χ0v) is 16.7. The topological polar surface area (TPSA) is 124 Å². The van der Waals surface area contributed by atoms with E-state index in [1.165, 1.54) is 0 Å². The Bertz CT molecular complexity index is 880. The van der Waals surface area contributed by atoms with Gasteiger partial charge >= 0.3 is 5.97 Å². The van der Waals surface area contributed by atoms with Crippen LogP contribution in [0, 0.1) is 6.92 Å². The van der Waals surface area contributed by atoms with Crippen molar-refractivity contribution in [1.29, 1.82) is 0 Å². The van der Waals surface area contributed by atoms with Crippen molar-refractivity contribution in [2.45, 2.75) is 39.2 Å². The number of carboxylic acid groups (broad SMARTS) is 1. The van der Waals surface area contributed by atoms with Gasteiger partial charge < -0.3 is 25.6 Å². The molecule has 0 aliphatic heterocycles. The number of nitrogens with zero attached hydrogens (tertiary/aromatic N) is 1. The predicted octanol–water partition coefficient (Wildman–Crippen LogP) is 2.52. The fourth-order valence-electron chi connectivity index (χ4n) is 2.94. The smallest absolute Gasteiger partial charge is 0.339 e. The molecule has 152 valence electrons. The molecule has 0 saturated heterocycles. The Kier molecular flexibility index (Phi) is 6.80. The average Bonchev–Trinajstić information content (AvgIpc) is 2.58. The Morgan fingerprint density at radius 3 is 2.64 bits per heavy atom. The van der Waals surface area contributed by atoms with Crippen LogP contribution in [0.3, 0.4) is 0 Å². The Morgan fingerprint density at radius 1 is 1.29 bits per heavy atom. The van der Waals surface area contributed by atoms with Crippen LogP contribution in [-0.2, 0) is 9.53 Å². The number of carboxylic acids is 1. The lowest BCUT2D eigenvalue weighted by Crippen LogP contribution is -2.44. The third-order valence-corrected chi connectivity index (χ3v) is 4.40. The number of carbonyl (C=O) groups is 2. The standard InChI is InChI=1S/C20H27N3O5/c1-12-16(19(25)26)18(21)17-13(22-12)6-5-7-14(17)28-11-9-20(2,3)23-15(24)8-10-27-4/h5-7H,8-11H2,1-4H3,(H2,21,22)(H,23,24)(H,25,26). The molecule has 0 atom stereocenters. The molecule has 0 radical (unpaired) electrons. The molecule has 0 fully saturated rings. The summed E-state index contributed by atoms with van der Waals surface area (Å²) in [6.45, 7) is 6.11. The molecular weight excluding hydrogens is 362 g/mol. The average molecular weight is 389 g/mol. The molecule has 2 aromatic rings. The third-order valence-electron chi connectivity index (χ3n) is 4.40. The number of carbonyl (C=O) groups excluding carboxylic acids is 1. The van der Waals surface area contributed by atoms with E-state index >= 15 is 0 Å². The number of fused-ring (bicyclic) bond motifs is 1. The number of hydrogen-bond acceptors (Lipinski definition) is 6. The summed E-state index contributed by atoms with van der Waals surface area (Å²) in [7, 11) is 1.55. The van der Waals surface area contributed by atoms with Crippen LogP contribution in [0.5, 0.6) is 5.75 Å². The van der Waals surface area contributed by atoms with Gasteiger partial charge in [0, 0.05) is 25.5 Å². The predicted molar refractivity (Wildman–Crippen MR) is 107 cm³/mol. The normalized spacial score (nSPS) is 11.4. The van der Waals surface area contributed by atoms with E-state index < -0.39 is 11.5 Å². The van der Waals surface area contributed by atoms with Crippen LogP contribution in [0.4, 0.5) is 5.69 Å². The number of rotatable bonds is 9. The number of aromatic nitrogens is 1. The van der Waals surface area contributed by atoms with Gasteiger partial charge in [0.05, 0.1) is 35.5 Å². The van der Waals surface area contributed by atoms with Gasteiger partial charge in [-0.2, -0.15) is 0 Å². The van der Waals surface area contributed by atoms with Crippen molar-refractivity contribution < 1.29 is 24.2 Å². The van der Waals surface area contributed by atoms with E-state index in [2.05, 4.69) is 10.3 Å². The molecule has 1 aromatic carbocycles. The first-order valence-electron chi connectivity index (χ1n) is 9.01. The van der Waals surface area contributed by atoms with Crippen molar-refractivity contribution in [3.05, 3.63) is 29.5 Å². The van der Waals surface area contributed by atoms with Crippen molar-refractivity contribution in [1.82, 2.24) is 10.3 Å². The number of aryl methyl sites for hydroxylation is 1. The summed E-state index contributed by atoms with van der Waals surface area (Å²) in [5, 5.41) is 12.8. The summed E-state index contributed by atoms with van der Waals surface area (Å²) < 4.78 is 10.8. The van der Waals surface area contributed by atoms with E-state index in [1.54, 1.807) is 32.2 Å². The quantitative estimate of drug-likeness (QED) is 0.602. The van der Waals surface area contributed by atoms with Crippen molar-refractivity contribution >= 4 is 28.5 Å². The van der Waals surface area contributed by atoms with Gasteiger partial charge in [0.15, 0.2) is 0 Å². The second-order valence-corrected chi connectivity index (χ2v) is 7.21. The first kappa shape index (κ1) is 21.4. The van der Waals surface area contributed by atoms with Gasteiger partial charge in [-0.05, 0) is 32.9 Å². The lowest BCUT2D eigenvalue weighted by molar-refractivity contribution is -0.123. The maximum atomic E-state index is 11.9. The van der Waals surface area contributed by atoms with E-state index in [0.29, 0.717) is 48.4 Å². The van der Waals surface area contributed by atoms with Crippen LogP contribution in [0.25, 0.3) is 10.9 Å². The molecule has 0 bridgehead atoms. The van der Waals surface area contributed by atoms with Crippen molar-refractivity contribution in [2.75, 3.05) is 26.1 Å². The van der Waals surface area contributed by atoms with Crippen LogP contribution in [0.1, 0.15) is 42.7 Å². The zero-order chi connectivity index (χ0) is 20.9. The zero-order valence-electron chi connectivity index (χ0n) is 16.7. The summed E-state index contributed by atoms with van der Waals surface area (Å²) in [5.41, 5.74) is 6.70. The number of benzene rings is 1. The number of hydrogen-bond donors (Lipinski definition) is 3. The minimum absolute atomic E-state index is 0.0192. The Balaban J connectivity index is 2.15. The molecule has 8 nitrogen and oxygen atoms in total. The highest BCUT2D eigenvalue weighted by molar-refractivity contribution is 6.06. The molecule has 0 aliphatic rings. The second kappa shape index (κ2) is 8.88.